The van der Waals surface area contributed by atoms with Crippen molar-refractivity contribution in [1.82, 2.24) is 15.1 Å². The molecule has 2 aromatic carbocycles. The minimum atomic E-state index is -4.76. The lowest BCUT2D eigenvalue weighted by Crippen LogP contribution is -2.20. The van der Waals surface area contributed by atoms with Crippen LogP contribution in [0.3, 0.4) is 0 Å². The number of para-hydroxylation sites is 1. The van der Waals surface area contributed by atoms with Crippen LogP contribution in [0.2, 0.25) is 5.15 Å². The summed E-state index contributed by atoms with van der Waals surface area (Å²) in [6, 6.07) is 11.6. The fraction of sp³-hybridized carbons (Fsp3) is 0.211. The van der Waals surface area contributed by atoms with E-state index in [4.69, 9.17) is 11.6 Å². The second-order valence-corrected chi connectivity index (χ2v) is 6.36. The Kier molecular flexibility index (Phi) is 5.90. The molecule has 3 rings (SSSR count). The van der Waals surface area contributed by atoms with Gasteiger partial charge in [-0.3, -0.25) is 0 Å². The number of aryl methyl sites for hydroxylation is 1. The number of nitrogens with one attached hydrogen (secondary N) is 1. The SMILES string of the molecule is Cc1nn(-c2ccc(F)cc2)c(Cl)c1CNCc1ccccc1OC(F)(F)F. The normalized spacial score (nSPS) is 11.6. The van der Waals surface area contributed by atoms with Gasteiger partial charge in [-0.05, 0) is 37.3 Å². The Labute approximate surface area is 163 Å². The molecule has 1 aromatic heterocycles. The number of rotatable bonds is 6. The monoisotopic (exact) mass is 413 g/mol. The molecule has 0 spiro atoms. The molecular weight excluding hydrogens is 398 g/mol. The maximum atomic E-state index is 13.1. The van der Waals surface area contributed by atoms with Crippen LogP contribution < -0.4 is 10.1 Å². The summed E-state index contributed by atoms with van der Waals surface area (Å²) in [4.78, 5) is 0. The Morgan fingerprint density at radius 2 is 1.75 bits per heavy atom. The van der Waals surface area contributed by atoms with E-state index in [1.165, 1.54) is 28.9 Å². The smallest absolute Gasteiger partial charge is 0.405 e. The molecule has 0 amide bonds. The van der Waals surface area contributed by atoms with Gasteiger partial charge in [0, 0.05) is 24.2 Å². The van der Waals surface area contributed by atoms with E-state index in [1.807, 2.05) is 0 Å². The molecule has 0 unspecified atom stereocenters. The van der Waals surface area contributed by atoms with E-state index in [2.05, 4.69) is 15.2 Å². The summed E-state index contributed by atoms with van der Waals surface area (Å²) in [6.45, 7) is 2.19. The van der Waals surface area contributed by atoms with Gasteiger partial charge in [0.15, 0.2) is 0 Å². The minimum Gasteiger partial charge on any atom is -0.405 e. The van der Waals surface area contributed by atoms with Gasteiger partial charge in [0.2, 0.25) is 0 Å². The molecule has 3 aromatic rings. The van der Waals surface area contributed by atoms with Crippen molar-refractivity contribution in [3.8, 4) is 11.4 Å². The fourth-order valence-corrected chi connectivity index (χ4v) is 3.02. The van der Waals surface area contributed by atoms with Crippen LogP contribution in [0.15, 0.2) is 48.5 Å². The van der Waals surface area contributed by atoms with E-state index in [0.717, 1.165) is 0 Å². The fourth-order valence-electron chi connectivity index (χ4n) is 2.68. The lowest BCUT2D eigenvalue weighted by atomic mass is 10.2. The Morgan fingerprint density at radius 1 is 1.07 bits per heavy atom. The van der Waals surface area contributed by atoms with Crippen molar-refractivity contribution in [2.45, 2.75) is 26.4 Å². The third-order valence-electron chi connectivity index (χ3n) is 4.01. The highest BCUT2D eigenvalue weighted by atomic mass is 35.5. The average Bonchev–Trinajstić information content (AvgIpc) is 2.91. The number of ether oxygens (including phenoxy) is 1. The van der Waals surface area contributed by atoms with Gasteiger partial charge in [0.05, 0.1) is 11.4 Å². The lowest BCUT2D eigenvalue weighted by Gasteiger charge is -2.13. The summed E-state index contributed by atoms with van der Waals surface area (Å²) < 4.78 is 56.1. The zero-order chi connectivity index (χ0) is 20.3. The Morgan fingerprint density at radius 3 is 2.43 bits per heavy atom. The van der Waals surface area contributed by atoms with Gasteiger partial charge < -0.3 is 10.1 Å². The molecular formula is C19H16ClF4N3O. The van der Waals surface area contributed by atoms with Crippen molar-refractivity contribution in [2.75, 3.05) is 0 Å². The molecule has 1 heterocycles. The molecule has 28 heavy (non-hydrogen) atoms. The number of nitrogens with zero attached hydrogens (tertiary/aromatic N) is 2. The van der Waals surface area contributed by atoms with Crippen LogP contribution in [0.5, 0.6) is 5.75 Å². The van der Waals surface area contributed by atoms with Crippen molar-refractivity contribution in [2.24, 2.45) is 0 Å². The van der Waals surface area contributed by atoms with Crippen LogP contribution in [0.4, 0.5) is 17.6 Å². The van der Waals surface area contributed by atoms with E-state index in [1.54, 1.807) is 31.2 Å². The van der Waals surface area contributed by atoms with Crippen LogP contribution >= 0.6 is 11.6 Å². The molecule has 0 atom stereocenters. The third-order valence-corrected chi connectivity index (χ3v) is 4.40. The topological polar surface area (TPSA) is 39.1 Å². The molecule has 0 aliphatic rings. The van der Waals surface area contributed by atoms with E-state index < -0.39 is 6.36 Å². The summed E-state index contributed by atoms with van der Waals surface area (Å²) in [5.41, 5.74) is 2.31. The first-order chi connectivity index (χ1) is 13.2. The second kappa shape index (κ2) is 8.20. The molecule has 0 bridgehead atoms. The second-order valence-electron chi connectivity index (χ2n) is 6.00. The largest absolute Gasteiger partial charge is 0.573 e. The van der Waals surface area contributed by atoms with Gasteiger partial charge in [0.25, 0.3) is 0 Å². The van der Waals surface area contributed by atoms with Crippen LogP contribution in [0.1, 0.15) is 16.8 Å². The molecule has 0 fully saturated rings. The predicted octanol–water partition coefficient (Wildman–Crippen LogP) is 5.16. The minimum absolute atomic E-state index is 0.143. The van der Waals surface area contributed by atoms with Gasteiger partial charge >= 0.3 is 6.36 Å². The third kappa shape index (κ3) is 4.82. The Balaban J connectivity index is 1.72. The van der Waals surface area contributed by atoms with Crippen molar-refractivity contribution in [3.05, 3.63) is 76.3 Å². The number of halogens is 5. The van der Waals surface area contributed by atoms with E-state index >= 15 is 0 Å². The Bertz CT molecular complexity index is 955. The van der Waals surface area contributed by atoms with Crippen molar-refractivity contribution in [3.63, 3.8) is 0 Å². The first-order valence-corrected chi connectivity index (χ1v) is 8.66. The van der Waals surface area contributed by atoms with Crippen LogP contribution in [-0.2, 0) is 13.1 Å². The van der Waals surface area contributed by atoms with Crippen LogP contribution in [0.25, 0.3) is 5.69 Å². The summed E-state index contributed by atoms with van der Waals surface area (Å²) in [5, 5.41) is 7.75. The lowest BCUT2D eigenvalue weighted by molar-refractivity contribution is -0.274. The predicted molar refractivity (Wildman–Crippen MR) is 96.9 cm³/mol. The number of benzene rings is 2. The maximum Gasteiger partial charge on any atom is 0.573 e. The number of hydrogen-bond donors (Lipinski definition) is 1. The number of alkyl halides is 3. The molecule has 148 valence electrons. The molecule has 0 radical (unpaired) electrons. The van der Waals surface area contributed by atoms with Crippen LogP contribution in [-0.4, -0.2) is 16.1 Å². The molecule has 0 aliphatic heterocycles. The maximum absolute atomic E-state index is 13.1. The first kappa shape index (κ1) is 20.2. The molecule has 0 aliphatic carbocycles. The van der Waals surface area contributed by atoms with E-state index in [-0.39, 0.29) is 24.7 Å². The molecule has 0 saturated carbocycles. The average molecular weight is 414 g/mol. The van der Waals surface area contributed by atoms with Crippen molar-refractivity contribution in [1.29, 1.82) is 0 Å². The highest BCUT2D eigenvalue weighted by Gasteiger charge is 2.31. The van der Waals surface area contributed by atoms with E-state index in [9.17, 15) is 17.6 Å². The highest BCUT2D eigenvalue weighted by Crippen LogP contribution is 2.27. The molecule has 4 nitrogen and oxygen atoms in total. The Hall–Kier alpha value is -2.58. The van der Waals surface area contributed by atoms with Gasteiger partial charge in [0.1, 0.15) is 16.7 Å². The quantitative estimate of drug-likeness (QED) is 0.567. The van der Waals surface area contributed by atoms with Gasteiger partial charge in [-0.25, -0.2) is 9.07 Å². The zero-order valence-electron chi connectivity index (χ0n) is 14.7. The highest BCUT2D eigenvalue weighted by molar-refractivity contribution is 6.30. The van der Waals surface area contributed by atoms with Crippen molar-refractivity contribution >= 4 is 11.6 Å². The van der Waals surface area contributed by atoms with E-state index in [0.29, 0.717) is 27.7 Å². The summed E-state index contributed by atoms with van der Waals surface area (Å²) in [5.74, 6) is -0.627. The first-order valence-electron chi connectivity index (χ1n) is 8.29. The number of hydrogen-bond acceptors (Lipinski definition) is 3. The standard InChI is InChI=1S/C19H16ClF4N3O/c1-12-16(18(20)27(26-12)15-8-6-14(21)7-9-15)11-25-10-13-4-2-3-5-17(13)28-19(22,23)24/h2-9,25H,10-11H2,1H3. The summed E-state index contributed by atoms with van der Waals surface area (Å²) in [7, 11) is 0. The van der Waals surface area contributed by atoms with Gasteiger partial charge in [-0.15, -0.1) is 13.2 Å². The molecule has 0 saturated heterocycles. The zero-order valence-corrected chi connectivity index (χ0v) is 15.5. The summed E-state index contributed by atoms with van der Waals surface area (Å²) >= 11 is 6.40. The molecule has 1 N–H and O–H groups in total. The van der Waals surface area contributed by atoms with Crippen LogP contribution in [0, 0.1) is 12.7 Å². The van der Waals surface area contributed by atoms with Crippen molar-refractivity contribution < 1.29 is 22.3 Å². The summed E-state index contributed by atoms with van der Waals surface area (Å²) in [6.07, 6.45) is -4.76. The van der Waals surface area contributed by atoms with Gasteiger partial charge in [-0.1, -0.05) is 29.8 Å². The number of aromatic nitrogens is 2. The molecule has 9 heteroatoms. The van der Waals surface area contributed by atoms with Gasteiger partial charge in [-0.2, -0.15) is 5.10 Å².